The maximum atomic E-state index is 15.3. The number of nitrogens with zero attached hydrogens (tertiary/aromatic N) is 1. The first-order valence-electron chi connectivity index (χ1n) is 12.0. The topological polar surface area (TPSA) is 69.6 Å². The third-order valence-corrected chi connectivity index (χ3v) is 6.43. The van der Waals surface area contributed by atoms with E-state index in [0.717, 1.165) is 18.7 Å². The summed E-state index contributed by atoms with van der Waals surface area (Å²) >= 11 is 0. The van der Waals surface area contributed by atoms with E-state index in [0.29, 0.717) is 12.1 Å². The van der Waals surface area contributed by atoms with Crippen molar-refractivity contribution in [3.8, 4) is 11.1 Å². The molecular weight excluding hydrogens is 564 g/mol. The fourth-order valence-electron chi connectivity index (χ4n) is 4.58. The van der Waals surface area contributed by atoms with E-state index in [-0.39, 0.29) is 39.1 Å². The zero-order chi connectivity index (χ0) is 30.9. The van der Waals surface area contributed by atoms with E-state index in [4.69, 9.17) is 0 Å². The highest BCUT2D eigenvalue weighted by Gasteiger charge is 2.73. The van der Waals surface area contributed by atoms with Gasteiger partial charge in [0.2, 0.25) is 0 Å². The number of nitrogens with one attached hydrogen (secondary N) is 1. The van der Waals surface area contributed by atoms with Crippen LogP contribution in [-0.2, 0) is 5.67 Å². The molecule has 2 N–H and O–H groups in total. The summed E-state index contributed by atoms with van der Waals surface area (Å²) in [5.41, 5.74) is -8.79. The van der Waals surface area contributed by atoms with Crippen molar-refractivity contribution in [1.29, 1.82) is 0 Å². The molecule has 3 aromatic carbocycles. The highest BCUT2D eigenvalue weighted by molar-refractivity contribution is 6.11. The predicted octanol–water partition coefficient (Wildman–Crippen LogP) is 6.40. The van der Waals surface area contributed by atoms with Crippen molar-refractivity contribution in [3.05, 3.63) is 88.2 Å². The molecule has 0 fully saturated rings. The SMILES string of the molecule is CNC(=O)c1cccc(-c2ccccc2C(=O)N(CCO)c2c(C)cc(C(F)(C(F)(F)F)C(F)(F)F)cc2C)c1F. The number of aryl methyl sites for hydroxylation is 2. The minimum atomic E-state index is -6.33. The molecule has 0 aliphatic rings. The minimum Gasteiger partial charge on any atom is -0.395 e. The molecule has 220 valence electrons. The van der Waals surface area contributed by atoms with Gasteiger partial charge in [-0.2, -0.15) is 26.3 Å². The van der Waals surface area contributed by atoms with Gasteiger partial charge in [-0.25, -0.2) is 8.78 Å². The van der Waals surface area contributed by atoms with Crippen molar-refractivity contribution in [2.24, 2.45) is 0 Å². The molecule has 0 aliphatic heterocycles. The largest absolute Gasteiger partial charge is 0.435 e. The molecule has 0 saturated carbocycles. The summed E-state index contributed by atoms with van der Waals surface area (Å²) < 4.78 is 110. The van der Waals surface area contributed by atoms with Gasteiger partial charge in [0.05, 0.1) is 12.2 Å². The van der Waals surface area contributed by atoms with Crippen LogP contribution in [0.2, 0.25) is 0 Å². The Morgan fingerprint density at radius 2 is 1.34 bits per heavy atom. The van der Waals surface area contributed by atoms with Gasteiger partial charge in [-0.3, -0.25) is 9.59 Å². The predicted molar refractivity (Wildman–Crippen MR) is 135 cm³/mol. The van der Waals surface area contributed by atoms with Crippen molar-refractivity contribution in [1.82, 2.24) is 5.32 Å². The second kappa shape index (κ2) is 11.5. The van der Waals surface area contributed by atoms with E-state index in [1.807, 2.05) is 0 Å². The number of halogens is 8. The summed E-state index contributed by atoms with van der Waals surface area (Å²) in [4.78, 5) is 26.8. The number of hydrogen-bond acceptors (Lipinski definition) is 3. The Bertz CT molecular complexity index is 1430. The summed E-state index contributed by atoms with van der Waals surface area (Å²) in [7, 11) is 1.30. The quantitative estimate of drug-likeness (QED) is 0.314. The lowest BCUT2D eigenvalue weighted by Gasteiger charge is -2.32. The van der Waals surface area contributed by atoms with Crippen LogP contribution in [0.25, 0.3) is 11.1 Å². The number of amides is 2. The lowest BCUT2D eigenvalue weighted by atomic mass is 9.90. The van der Waals surface area contributed by atoms with Crippen LogP contribution < -0.4 is 10.2 Å². The molecule has 5 nitrogen and oxygen atoms in total. The number of anilines is 1. The molecule has 0 heterocycles. The molecule has 0 aliphatic carbocycles. The Labute approximate surface area is 229 Å². The Morgan fingerprint density at radius 1 is 0.829 bits per heavy atom. The fourth-order valence-corrected chi connectivity index (χ4v) is 4.58. The number of benzene rings is 3. The molecule has 0 atom stereocenters. The highest BCUT2D eigenvalue weighted by atomic mass is 19.4. The van der Waals surface area contributed by atoms with Crippen LogP contribution >= 0.6 is 0 Å². The average Bonchev–Trinajstić information content (AvgIpc) is 2.89. The third kappa shape index (κ3) is 5.63. The van der Waals surface area contributed by atoms with Crippen LogP contribution in [0.1, 0.15) is 37.4 Å². The van der Waals surface area contributed by atoms with Crippen LogP contribution in [0.3, 0.4) is 0 Å². The lowest BCUT2D eigenvalue weighted by molar-refractivity contribution is -0.348. The van der Waals surface area contributed by atoms with Gasteiger partial charge >= 0.3 is 18.0 Å². The first-order chi connectivity index (χ1) is 19.0. The van der Waals surface area contributed by atoms with Crippen LogP contribution in [0.15, 0.2) is 54.6 Å². The molecule has 3 rings (SSSR count). The van der Waals surface area contributed by atoms with E-state index >= 15 is 4.39 Å². The number of carbonyl (C=O) groups is 2. The average molecular weight is 588 g/mol. The van der Waals surface area contributed by atoms with Gasteiger partial charge in [0, 0.05) is 36.0 Å². The molecule has 2 amide bonds. The number of alkyl halides is 7. The first-order valence-corrected chi connectivity index (χ1v) is 12.0. The van der Waals surface area contributed by atoms with E-state index in [1.54, 1.807) is 0 Å². The van der Waals surface area contributed by atoms with Gasteiger partial charge in [0.25, 0.3) is 11.8 Å². The monoisotopic (exact) mass is 588 g/mol. The standard InChI is InChI=1S/C28H24F8N2O3/c1-15-13-17(26(30,27(31,32)33)28(34,35)36)14-16(2)23(15)38(11-12-39)25(41)20-8-5-4-7-18(20)19-9-6-10-21(22(19)29)24(40)37-3/h4-10,13-14,39H,11-12H2,1-3H3,(H,37,40). The fraction of sp³-hybridized carbons (Fsp3) is 0.286. The number of rotatable bonds is 7. The van der Waals surface area contributed by atoms with Gasteiger partial charge in [0.15, 0.2) is 0 Å². The summed E-state index contributed by atoms with van der Waals surface area (Å²) in [5, 5.41) is 12.0. The molecular formula is C28H24F8N2O3. The molecule has 0 saturated heterocycles. The normalized spacial score (nSPS) is 12.3. The van der Waals surface area contributed by atoms with Crippen molar-refractivity contribution in [2.45, 2.75) is 31.9 Å². The van der Waals surface area contributed by atoms with E-state index in [1.165, 1.54) is 49.5 Å². The van der Waals surface area contributed by atoms with Crippen LogP contribution in [0, 0.1) is 19.7 Å². The molecule has 13 heteroatoms. The number of aliphatic hydroxyl groups excluding tert-OH is 1. The smallest absolute Gasteiger partial charge is 0.395 e. The van der Waals surface area contributed by atoms with Crippen molar-refractivity contribution >= 4 is 17.5 Å². The Kier molecular flexibility index (Phi) is 8.82. The Balaban J connectivity index is 2.20. The molecule has 0 radical (unpaired) electrons. The second-order valence-corrected chi connectivity index (χ2v) is 9.08. The molecule has 0 unspecified atom stereocenters. The summed E-state index contributed by atoms with van der Waals surface area (Å²) in [6, 6.07) is 10.2. The Morgan fingerprint density at radius 3 is 1.85 bits per heavy atom. The summed E-state index contributed by atoms with van der Waals surface area (Å²) in [5.74, 6) is -2.57. The number of hydrogen-bond donors (Lipinski definition) is 2. The number of aliphatic hydroxyl groups is 1. The van der Waals surface area contributed by atoms with Crippen molar-refractivity contribution in [3.63, 3.8) is 0 Å². The second-order valence-electron chi connectivity index (χ2n) is 9.08. The zero-order valence-corrected chi connectivity index (χ0v) is 21.8. The van der Waals surface area contributed by atoms with E-state index in [2.05, 4.69) is 5.32 Å². The van der Waals surface area contributed by atoms with Crippen molar-refractivity contribution < 1.29 is 49.8 Å². The highest BCUT2D eigenvalue weighted by Crippen LogP contribution is 2.54. The third-order valence-electron chi connectivity index (χ3n) is 6.43. The Hall–Kier alpha value is -4.00. The minimum absolute atomic E-state index is 0.0209. The van der Waals surface area contributed by atoms with Crippen LogP contribution in [0.4, 0.5) is 40.8 Å². The zero-order valence-electron chi connectivity index (χ0n) is 21.8. The maximum absolute atomic E-state index is 15.3. The van der Waals surface area contributed by atoms with Crippen molar-refractivity contribution in [2.75, 3.05) is 25.1 Å². The van der Waals surface area contributed by atoms with Gasteiger partial charge in [-0.05, 0) is 42.7 Å². The summed E-state index contributed by atoms with van der Waals surface area (Å²) in [6.07, 6.45) is -12.7. The van der Waals surface area contributed by atoms with Gasteiger partial charge in [-0.15, -0.1) is 0 Å². The van der Waals surface area contributed by atoms with Gasteiger partial charge in [-0.1, -0.05) is 42.5 Å². The molecule has 3 aromatic rings. The van der Waals surface area contributed by atoms with Gasteiger partial charge in [0.1, 0.15) is 5.82 Å². The lowest BCUT2D eigenvalue weighted by Crippen LogP contribution is -2.50. The first kappa shape index (κ1) is 31.5. The molecule has 0 bridgehead atoms. The van der Waals surface area contributed by atoms with Crippen LogP contribution in [0.5, 0.6) is 0 Å². The molecule has 41 heavy (non-hydrogen) atoms. The van der Waals surface area contributed by atoms with Crippen LogP contribution in [-0.4, -0.2) is 49.5 Å². The molecule has 0 spiro atoms. The number of carbonyl (C=O) groups excluding carboxylic acids is 2. The van der Waals surface area contributed by atoms with E-state index in [9.17, 15) is 45.4 Å². The van der Waals surface area contributed by atoms with E-state index < -0.39 is 54.4 Å². The summed E-state index contributed by atoms with van der Waals surface area (Å²) in [6.45, 7) is 1.05. The van der Waals surface area contributed by atoms with Gasteiger partial charge < -0.3 is 15.3 Å². The maximum Gasteiger partial charge on any atom is 0.435 e. The molecule has 0 aromatic heterocycles.